The van der Waals surface area contributed by atoms with E-state index in [9.17, 15) is 0 Å². The number of fused-ring (bicyclic) bond motifs is 8. The molecule has 0 aliphatic carbocycles. The molecule has 264 valence electrons. The van der Waals surface area contributed by atoms with Gasteiger partial charge < -0.3 is 14.2 Å². The van der Waals surface area contributed by atoms with Crippen LogP contribution in [0.1, 0.15) is 0 Å². The van der Waals surface area contributed by atoms with E-state index in [4.69, 9.17) is 9.40 Å². The molecule has 0 saturated carbocycles. The third-order valence-corrected chi connectivity index (χ3v) is 11.7. The summed E-state index contributed by atoms with van der Waals surface area (Å²) in [5, 5.41) is 7.98. The van der Waals surface area contributed by atoms with Crippen LogP contribution < -0.4 is 9.80 Å². The van der Waals surface area contributed by atoms with E-state index in [-0.39, 0.29) is 0 Å². The molecule has 0 saturated heterocycles. The predicted octanol–water partition coefficient (Wildman–Crippen LogP) is 15.1. The van der Waals surface area contributed by atoms with E-state index in [0.717, 1.165) is 87.6 Å². The second-order valence-electron chi connectivity index (χ2n) is 14.0. The van der Waals surface area contributed by atoms with Gasteiger partial charge in [0, 0.05) is 50.5 Å². The van der Waals surface area contributed by atoms with E-state index >= 15 is 0 Å². The lowest BCUT2D eigenvalue weighted by Crippen LogP contribution is -2.13. The molecule has 0 radical (unpaired) electrons. The minimum Gasteiger partial charge on any atom is -0.456 e. The van der Waals surface area contributed by atoms with Gasteiger partial charge in [0.15, 0.2) is 0 Å². The fraction of sp³-hybridized carbons (Fsp3) is 0. The Hall–Kier alpha value is -7.21. The normalized spacial score (nSPS) is 11.6. The zero-order valence-corrected chi connectivity index (χ0v) is 31.0. The standard InChI is InChI=1S/C51H33N3OS/c1-4-14-35(15-5-1)51-52-45-28-30-47-49(50(45)56-51)48-44-27-26-43(32-37(44)24-29-46(48)55-47)54(39-19-8-3-9-20-39)41-22-12-21-40(33-41)53(38-17-6-2-7-18-38)42-25-23-34-13-10-11-16-36(34)31-42/h1-33H. The molecule has 2 heterocycles. The molecule has 9 aromatic carbocycles. The van der Waals surface area contributed by atoms with Gasteiger partial charge in [-0.15, -0.1) is 11.3 Å². The summed E-state index contributed by atoms with van der Waals surface area (Å²) in [7, 11) is 0. The van der Waals surface area contributed by atoms with Crippen molar-refractivity contribution in [2.45, 2.75) is 0 Å². The number of rotatable bonds is 7. The minimum absolute atomic E-state index is 0.879. The maximum absolute atomic E-state index is 6.50. The minimum atomic E-state index is 0.879. The number of furan rings is 1. The summed E-state index contributed by atoms with van der Waals surface area (Å²) in [5.41, 5.74) is 10.3. The van der Waals surface area contributed by atoms with E-state index in [1.807, 2.05) is 6.07 Å². The van der Waals surface area contributed by atoms with Crippen molar-refractivity contribution in [3.8, 4) is 10.6 Å². The summed E-state index contributed by atoms with van der Waals surface area (Å²) < 4.78 is 7.64. The van der Waals surface area contributed by atoms with Crippen molar-refractivity contribution in [2.24, 2.45) is 0 Å². The number of nitrogens with zero attached hydrogens (tertiary/aromatic N) is 3. The first-order valence-electron chi connectivity index (χ1n) is 18.8. The van der Waals surface area contributed by atoms with Crippen LogP contribution in [0.2, 0.25) is 0 Å². The van der Waals surface area contributed by atoms with E-state index in [1.165, 1.54) is 10.8 Å². The number of aromatic nitrogens is 1. The number of hydrogen-bond donors (Lipinski definition) is 0. The van der Waals surface area contributed by atoms with Crippen LogP contribution in [0.4, 0.5) is 34.1 Å². The van der Waals surface area contributed by atoms with Gasteiger partial charge in [0.25, 0.3) is 0 Å². The van der Waals surface area contributed by atoms with Crippen molar-refractivity contribution in [2.75, 3.05) is 9.80 Å². The van der Waals surface area contributed by atoms with Crippen LogP contribution in [-0.2, 0) is 0 Å². The molecule has 11 rings (SSSR count). The summed E-state index contributed by atoms with van der Waals surface area (Å²) >= 11 is 1.73. The highest BCUT2D eigenvalue weighted by Crippen LogP contribution is 2.45. The van der Waals surface area contributed by atoms with Crippen molar-refractivity contribution >= 4 is 99.2 Å². The fourth-order valence-corrected chi connectivity index (χ4v) is 9.15. The van der Waals surface area contributed by atoms with Gasteiger partial charge in [0.1, 0.15) is 16.2 Å². The third-order valence-electron chi connectivity index (χ3n) is 10.6. The second-order valence-corrected chi connectivity index (χ2v) is 15.0. The quantitative estimate of drug-likeness (QED) is 0.163. The van der Waals surface area contributed by atoms with Gasteiger partial charge in [-0.2, -0.15) is 0 Å². The Bertz CT molecular complexity index is 3210. The van der Waals surface area contributed by atoms with Crippen LogP contribution in [-0.4, -0.2) is 4.98 Å². The van der Waals surface area contributed by atoms with Crippen molar-refractivity contribution in [3.05, 3.63) is 200 Å². The lowest BCUT2D eigenvalue weighted by molar-refractivity contribution is 0.669. The molecule has 0 unspecified atom stereocenters. The summed E-state index contributed by atoms with van der Waals surface area (Å²) in [4.78, 5) is 9.72. The maximum Gasteiger partial charge on any atom is 0.137 e. The molecule has 0 spiro atoms. The Labute approximate surface area is 327 Å². The predicted molar refractivity (Wildman–Crippen MR) is 237 cm³/mol. The zero-order valence-electron chi connectivity index (χ0n) is 30.2. The molecule has 4 nitrogen and oxygen atoms in total. The van der Waals surface area contributed by atoms with Gasteiger partial charge >= 0.3 is 0 Å². The number of benzene rings is 9. The highest BCUT2D eigenvalue weighted by Gasteiger charge is 2.20. The third kappa shape index (κ3) is 5.48. The first-order valence-corrected chi connectivity index (χ1v) is 19.6. The van der Waals surface area contributed by atoms with Crippen molar-refractivity contribution in [3.63, 3.8) is 0 Å². The average molecular weight is 736 g/mol. The molecule has 2 aromatic heterocycles. The number of para-hydroxylation sites is 2. The van der Waals surface area contributed by atoms with Gasteiger partial charge in [-0.25, -0.2) is 4.98 Å². The summed E-state index contributed by atoms with van der Waals surface area (Å²) in [5.74, 6) is 0. The van der Waals surface area contributed by atoms with E-state index in [2.05, 4.69) is 204 Å². The Morgan fingerprint density at radius 1 is 0.393 bits per heavy atom. The summed E-state index contributed by atoms with van der Waals surface area (Å²) in [6.07, 6.45) is 0. The van der Waals surface area contributed by atoms with Crippen LogP contribution in [0.3, 0.4) is 0 Å². The Kier molecular flexibility index (Phi) is 7.64. The lowest BCUT2D eigenvalue weighted by Gasteiger charge is -2.29. The van der Waals surface area contributed by atoms with E-state index in [0.29, 0.717) is 0 Å². The molecule has 5 heteroatoms. The average Bonchev–Trinajstić information content (AvgIpc) is 3.87. The molecule has 11 aromatic rings. The van der Waals surface area contributed by atoms with Gasteiger partial charge in [-0.05, 0) is 106 Å². The maximum atomic E-state index is 6.50. The lowest BCUT2D eigenvalue weighted by atomic mass is 10.0. The molecule has 0 amide bonds. The monoisotopic (exact) mass is 735 g/mol. The molecule has 0 fully saturated rings. The van der Waals surface area contributed by atoms with Crippen LogP contribution >= 0.6 is 11.3 Å². The summed E-state index contributed by atoms with van der Waals surface area (Å²) in [6, 6.07) is 70.9. The first kappa shape index (κ1) is 32.2. The van der Waals surface area contributed by atoms with E-state index in [1.54, 1.807) is 11.3 Å². The molecule has 0 aliphatic rings. The Morgan fingerprint density at radius 3 is 1.64 bits per heavy atom. The van der Waals surface area contributed by atoms with Gasteiger partial charge in [-0.3, -0.25) is 0 Å². The molecule has 0 atom stereocenters. The van der Waals surface area contributed by atoms with Crippen molar-refractivity contribution in [1.82, 2.24) is 4.98 Å². The van der Waals surface area contributed by atoms with Crippen molar-refractivity contribution in [1.29, 1.82) is 0 Å². The second kappa shape index (κ2) is 13.3. The first-order chi connectivity index (χ1) is 27.7. The molecular formula is C51H33N3OS. The van der Waals surface area contributed by atoms with Gasteiger partial charge in [0.2, 0.25) is 0 Å². The largest absolute Gasteiger partial charge is 0.456 e. The van der Waals surface area contributed by atoms with Crippen LogP contribution in [0, 0.1) is 0 Å². The van der Waals surface area contributed by atoms with Crippen LogP contribution in [0.25, 0.3) is 64.3 Å². The molecule has 0 N–H and O–H groups in total. The topological polar surface area (TPSA) is 32.5 Å². The Morgan fingerprint density at radius 2 is 0.929 bits per heavy atom. The SMILES string of the molecule is c1ccc(-c2nc3ccc4oc5ccc6cc(N(c7ccccc7)c7cccc(N(c8ccccc8)c8ccc9ccccc9c8)c7)ccc6c5c4c3s2)cc1. The summed E-state index contributed by atoms with van der Waals surface area (Å²) in [6.45, 7) is 0. The van der Waals surface area contributed by atoms with Crippen LogP contribution in [0.15, 0.2) is 205 Å². The molecule has 0 aliphatic heterocycles. The van der Waals surface area contributed by atoms with Crippen molar-refractivity contribution < 1.29 is 4.42 Å². The number of thiazole rings is 1. The number of anilines is 6. The smallest absolute Gasteiger partial charge is 0.137 e. The van der Waals surface area contributed by atoms with E-state index < -0.39 is 0 Å². The van der Waals surface area contributed by atoms with Gasteiger partial charge in [-0.1, -0.05) is 115 Å². The van der Waals surface area contributed by atoms with Crippen LogP contribution in [0.5, 0.6) is 0 Å². The highest BCUT2D eigenvalue weighted by molar-refractivity contribution is 7.22. The fourth-order valence-electron chi connectivity index (χ4n) is 8.03. The number of hydrogen-bond acceptors (Lipinski definition) is 5. The van der Waals surface area contributed by atoms with Gasteiger partial charge in [0.05, 0.1) is 10.2 Å². The Balaban J connectivity index is 1.07. The molecule has 0 bridgehead atoms. The molecule has 56 heavy (non-hydrogen) atoms. The highest BCUT2D eigenvalue weighted by atomic mass is 32.1. The molecular weight excluding hydrogens is 703 g/mol. The zero-order chi connectivity index (χ0) is 37.0.